The van der Waals surface area contributed by atoms with Crippen molar-refractivity contribution in [2.75, 3.05) is 31.1 Å². The first-order valence-electron chi connectivity index (χ1n) is 8.87. The van der Waals surface area contributed by atoms with Gasteiger partial charge in [0.1, 0.15) is 11.0 Å². The molecule has 3 heterocycles. The van der Waals surface area contributed by atoms with Crippen molar-refractivity contribution in [3.8, 4) is 0 Å². The van der Waals surface area contributed by atoms with Crippen LogP contribution in [0.2, 0.25) is 5.15 Å². The van der Waals surface area contributed by atoms with Crippen molar-refractivity contribution in [2.24, 2.45) is 0 Å². The smallest absolute Gasteiger partial charge is 0.131 e. The molecule has 1 fully saturated rings. The van der Waals surface area contributed by atoms with Gasteiger partial charge in [0, 0.05) is 49.3 Å². The van der Waals surface area contributed by atoms with E-state index in [1.807, 2.05) is 18.2 Å². The van der Waals surface area contributed by atoms with Gasteiger partial charge in [-0.2, -0.15) is 0 Å². The minimum absolute atomic E-state index is 0.500. The summed E-state index contributed by atoms with van der Waals surface area (Å²) in [6.45, 7) is 6.41. The van der Waals surface area contributed by atoms with Gasteiger partial charge in [-0.1, -0.05) is 35.9 Å². The van der Waals surface area contributed by atoms with Gasteiger partial charge in [-0.15, -0.1) is 0 Å². The van der Waals surface area contributed by atoms with Crippen molar-refractivity contribution in [3.05, 3.63) is 59.4 Å². The molecule has 1 aliphatic rings. The van der Waals surface area contributed by atoms with Crippen LogP contribution in [0.25, 0.3) is 10.9 Å². The Morgan fingerprint density at radius 2 is 2.04 bits per heavy atom. The Labute approximate surface area is 153 Å². The normalized spacial score (nSPS) is 18.8. The van der Waals surface area contributed by atoms with E-state index in [9.17, 15) is 0 Å². The van der Waals surface area contributed by atoms with Crippen molar-refractivity contribution in [1.29, 1.82) is 0 Å². The van der Waals surface area contributed by atoms with Gasteiger partial charge in [0.25, 0.3) is 0 Å². The molecule has 0 amide bonds. The fourth-order valence-electron chi connectivity index (χ4n) is 3.71. The number of anilines is 1. The number of hydrogen-bond donors (Lipinski definition) is 1. The molecule has 1 unspecified atom stereocenters. The zero-order chi connectivity index (χ0) is 17.2. The molecular formula is C20H23ClN4. The summed E-state index contributed by atoms with van der Waals surface area (Å²) in [6, 6.07) is 14.9. The van der Waals surface area contributed by atoms with Crippen molar-refractivity contribution < 1.29 is 0 Å². The summed E-state index contributed by atoms with van der Waals surface area (Å²) >= 11 is 6.03. The summed E-state index contributed by atoms with van der Waals surface area (Å²) in [5.74, 6) is 0.982. The van der Waals surface area contributed by atoms with Crippen LogP contribution in [-0.4, -0.2) is 47.1 Å². The molecule has 0 aliphatic carbocycles. The predicted molar refractivity (Wildman–Crippen MR) is 104 cm³/mol. The Morgan fingerprint density at radius 3 is 2.88 bits per heavy atom. The van der Waals surface area contributed by atoms with E-state index < -0.39 is 0 Å². The van der Waals surface area contributed by atoms with E-state index in [1.54, 1.807) is 0 Å². The fraction of sp³-hybridized carbons (Fsp3) is 0.350. The Bertz CT molecular complexity index is 860. The van der Waals surface area contributed by atoms with Crippen LogP contribution in [0.15, 0.2) is 48.7 Å². The third kappa shape index (κ3) is 3.51. The third-order valence-electron chi connectivity index (χ3n) is 5.13. The maximum Gasteiger partial charge on any atom is 0.131 e. The molecule has 0 saturated carbocycles. The molecule has 2 aromatic heterocycles. The number of pyridine rings is 1. The Kier molecular flexibility index (Phi) is 4.64. The summed E-state index contributed by atoms with van der Waals surface area (Å²) in [7, 11) is 0. The average Bonchev–Trinajstić information content (AvgIpc) is 3.04. The molecule has 3 aromatic rings. The lowest BCUT2D eigenvalue weighted by Gasteiger charge is -2.40. The highest BCUT2D eigenvalue weighted by Crippen LogP contribution is 2.21. The summed E-state index contributed by atoms with van der Waals surface area (Å²) in [5.41, 5.74) is 2.63. The molecule has 0 bridgehead atoms. The number of H-pyrrole nitrogens is 1. The Hall–Kier alpha value is -2.04. The van der Waals surface area contributed by atoms with Gasteiger partial charge < -0.3 is 9.88 Å². The van der Waals surface area contributed by atoms with E-state index in [-0.39, 0.29) is 0 Å². The predicted octanol–water partition coefficient (Wildman–Crippen LogP) is 3.97. The first-order chi connectivity index (χ1) is 12.2. The Balaban J connectivity index is 1.38. The number of aromatic nitrogens is 2. The van der Waals surface area contributed by atoms with Crippen LogP contribution in [0, 0.1) is 0 Å². The first-order valence-corrected chi connectivity index (χ1v) is 9.25. The van der Waals surface area contributed by atoms with E-state index in [0.29, 0.717) is 11.2 Å². The van der Waals surface area contributed by atoms with Gasteiger partial charge in [-0.3, -0.25) is 4.90 Å². The molecule has 4 rings (SSSR count). The number of hydrogen-bond acceptors (Lipinski definition) is 3. The van der Waals surface area contributed by atoms with Crippen LogP contribution >= 0.6 is 11.6 Å². The molecule has 5 heteroatoms. The molecule has 25 heavy (non-hydrogen) atoms. The maximum absolute atomic E-state index is 6.03. The number of benzene rings is 1. The number of rotatable bonds is 4. The zero-order valence-electron chi connectivity index (χ0n) is 14.5. The van der Waals surface area contributed by atoms with Crippen molar-refractivity contribution >= 4 is 28.3 Å². The molecule has 4 nitrogen and oxygen atoms in total. The number of nitrogens with zero attached hydrogens (tertiary/aromatic N) is 3. The number of aromatic amines is 1. The summed E-state index contributed by atoms with van der Waals surface area (Å²) in [5, 5.41) is 1.91. The monoisotopic (exact) mass is 354 g/mol. The lowest BCUT2D eigenvalue weighted by atomic mass is 10.1. The Morgan fingerprint density at radius 1 is 1.16 bits per heavy atom. The number of halogens is 1. The highest BCUT2D eigenvalue weighted by Gasteiger charge is 2.24. The summed E-state index contributed by atoms with van der Waals surface area (Å²) in [4.78, 5) is 12.7. The topological polar surface area (TPSA) is 35.2 Å². The van der Waals surface area contributed by atoms with Crippen LogP contribution < -0.4 is 4.90 Å². The molecule has 0 spiro atoms. The largest absolute Gasteiger partial charge is 0.361 e. The van der Waals surface area contributed by atoms with Crippen LogP contribution in [0.5, 0.6) is 0 Å². The number of para-hydroxylation sites is 1. The van der Waals surface area contributed by atoms with Gasteiger partial charge in [-0.05, 0) is 37.1 Å². The maximum atomic E-state index is 6.03. The summed E-state index contributed by atoms with van der Waals surface area (Å²) < 4.78 is 0. The number of nitrogens with one attached hydrogen (secondary N) is 1. The van der Waals surface area contributed by atoms with Gasteiger partial charge in [0.15, 0.2) is 0 Å². The molecule has 1 atom stereocenters. The minimum Gasteiger partial charge on any atom is -0.361 e. The van der Waals surface area contributed by atoms with Crippen molar-refractivity contribution in [2.45, 2.75) is 19.4 Å². The van der Waals surface area contributed by atoms with Crippen LogP contribution in [0.4, 0.5) is 5.82 Å². The van der Waals surface area contributed by atoms with E-state index in [4.69, 9.17) is 11.6 Å². The lowest BCUT2D eigenvalue weighted by molar-refractivity contribution is 0.191. The summed E-state index contributed by atoms with van der Waals surface area (Å²) in [6.07, 6.45) is 3.23. The zero-order valence-corrected chi connectivity index (χ0v) is 15.2. The number of fused-ring (bicyclic) bond motifs is 1. The lowest BCUT2D eigenvalue weighted by Crippen LogP contribution is -2.52. The minimum atomic E-state index is 0.500. The second-order valence-corrected chi connectivity index (χ2v) is 7.15. The second kappa shape index (κ2) is 7.06. The van der Waals surface area contributed by atoms with E-state index >= 15 is 0 Å². The van der Waals surface area contributed by atoms with Gasteiger partial charge >= 0.3 is 0 Å². The van der Waals surface area contributed by atoms with Gasteiger partial charge in [-0.25, -0.2) is 4.98 Å². The van der Waals surface area contributed by atoms with Gasteiger partial charge in [0.05, 0.1) is 0 Å². The molecule has 1 N–H and O–H groups in total. The average molecular weight is 355 g/mol. The van der Waals surface area contributed by atoms with E-state index in [0.717, 1.165) is 38.4 Å². The first kappa shape index (κ1) is 16.4. The standard InChI is InChI=1S/C20H23ClN4/c1-15-14-25(20-8-4-7-19(21)23-20)12-11-24(15)10-9-16-13-22-18-6-3-2-5-17(16)18/h2-8,13,15,22H,9-12,14H2,1H3. The van der Waals surface area contributed by atoms with Gasteiger partial charge in [0.2, 0.25) is 0 Å². The van der Waals surface area contributed by atoms with Crippen molar-refractivity contribution in [1.82, 2.24) is 14.9 Å². The molecule has 0 radical (unpaired) electrons. The highest BCUT2D eigenvalue weighted by atomic mass is 35.5. The van der Waals surface area contributed by atoms with Crippen LogP contribution in [0.3, 0.4) is 0 Å². The van der Waals surface area contributed by atoms with E-state index in [2.05, 4.69) is 57.2 Å². The molecular weight excluding hydrogens is 332 g/mol. The SMILES string of the molecule is CC1CN(c2cccc(Cl)n2)CCN1CCc1c[nH]c2ccccc12. The van der Waals surface area contributed by atoms with Crippen LogP contribution in [0.1, 0.15) is 12.5 Å². The molecule has 1 aliphatic heterocycles. The molecule has 130 valence electrons. The number of piperazine rings is 1. The van der Waals surface area contributed by atoms with Crippen LogP contribution in [-0.2, 0) is 6.42 Å². The molecule has 1 aromatic carbocycles. The highest BCUT2D eigenvalue weighted by molar-refractivity contribution is 6.29. The van der Waals surface area contributed by atoms with Crippen molar-refractivity contribution in [3.63, 3.8) is 0 Å². The quantitative estimate of drug-likeness (QED) is 0.720. The fourth-order valence-corrected chi connectivity index (χ4v) is 3.87. The second-order valence-electron chi connectivity index (χ2n) is 6.76. The van der Waals surface area contributed by atoms with E-state index in [1.165, 1.54) is 16.5 Å². The third-order valence-corrected chi connectivity index (χ3v) is 5.34. The molecule has 1 saturated heterocycles.